The van der Waals surface area contributed by atoms with Crippen molar-refractivity contribution in [3.63, 3.8) is 0 Å². The Labute approximate surface area is 192 Å². The molecule has 1 fully saturated rings. The first-order valence-corrected chi connectivity index (χ1v) is 11.5. The van der Waals surface area contributed by atoms with Gasteiger partial charge in [0.2, 0.25) is 11.8 Å². The molecule has 1 aliphatic heterocycles. The summed E-state index contributed by atoms with van der Waals surface area (Å²) in [7, 11) is 0. The monoisotopic (exact) mass is 436 g/mol. The van der Waals surface area contributed by atoms with Gasteiger partial charge in [-0.2, -0.15) is 0 Å². The highest BCUT2D eigenvalue weighted by Gasteiger charge is 2.21. The van der Waals surface area contributed by atoms with E-state index in [0.717, 1.165) is 49.4 Å². The zero-order valence-corrected chi connectivity index (χ0v) is 19.8. The second-order valence-corrected chi connectivity index (χ2v) is 8.73. The van der Waals surface area contributed by atoms with Crippen molar-refractivity contribution in [1.29, 1.82) is 0 Å². The van der Waals surface area contributed by atoms with Crippen molar-refractivity contribution >= 4 is 17.5 Å². The molecule has 1 unspecified atom stereocenters. The van der Waals surface area contributed by atoms with Crippen LogP contribution in [0.2, 0.25) is 0 Å². The van der Waals surface area contributed by atoms with E-state index in [1.165, 1.54) is 11.1 Å². The summed E-state index contributed by atoms with van der Waals surface area (Å²) in [5.41, 5.74) is 5.57. The number of amides is 2. The van der Waals surface area contributed by atoms with E-state index in [2.05, 4.69) is 51.6 Å². The normalized spacial score (nSPS) is 15.9. The maximum Gasteiger partial charge on any atom is 0.238 e. The highest BCUT2D eigenvalue weighted by Crippen LogP contribution is 2.18. The van der Waals surface area contributed by atoms with Crippen LogP contribution in [-0.4, -0.2) is 60.9 Å². The van der Waals surface area contributed by atoms with Crippen molar-refractivity contribution in [3.05, 3.63) is 64.7 Å². The number of carbonyl (C=O) groups is 2. The third-order valence-electron chi connectivity index (χ3n) is 6.34. The van der Waals surface area contributed by atoms with Gasteiger partial charge in [-0.05, 0) is 55.5 Å². The number of nitrogens with zero attached hydrogens (tertiary/aromatic N) is 2. The Bertz CT molecular complexity index is 918. The van der Waals surface area contributed by atoms with Crippen molar-refractivity contribution in [1.82, 2.24) is 15.1 Å². The fourth-order valence-corrected chi connectivity index (χ4v) is 4.00. The molecule has 2 aromatic carbocycles. The van der Waals surface area contributed by atoms with Gasteiger partial charge in [-0.15, -0.1) is 0 Å². The van der Waals surface area contributed by atoms with E-state index in [9.17, 15) is 9.59 Å². The van der Waals surface area contributed by atoms with Crippen LogP contribution in [0, 0.1) is 13.8 Å². The number of aryl methyl sites for hydroxylation is 2. The third kappa shape index (κ3) is 6.65. The van der Waals surface area contributed by atoms with Crippen molar-refractivity contribution in [2.24, 2.45) is 0 Å². The van der Waals surface area contributed by atoms with E-state index in [1.54, 1.807) is 0 Å². The molecule has 0 aliphatic carbocycles. The van der Waals surface area contributed by atoms with Crippen LogP contribution in [0.4, 0.5) is 5.69 Å². The molecule has 3 rings (SSSR count). The van der Waals surface area contributed by atoms with E-state index in [0.29, 0.717) is 13.1 Å². The fraction of sp³-hybridized carbons (Fsp3) is 0.462. The van der Waals surface area contributed by atoms with Gasteiger partial charge in [0.25, 0.3) is 0 Å². The molecule has 1 saturated heterocycles. The standard InChI is InChI=1S/C26H36N4O2/c1-5-22-9-11-23(12-10-22)21(4)27-25(31)17-29-13-15-30(16-14-29)18-26(32)28-24-8-6-7-19(2)20(24)3/h6-12,21H,5,13-18H2,1-4H3,(H,27,31)(H,28,32). The summed E-state index contributed by atoms with van der Waals surface area (Å²) in [4.78, 5) is 29.3. The second kappa shape index (κ2) is 11.2. The van der Waals surface area contributed by atoms with Crippen molar-refractivity contribution < 1.29 is 9.59 Å². The summed E-state index contributed by atoms with van der Waals surface area (Å²) < 4.78 is 0. The smallest absolute Gasteiger partial charge is 0.238 e. The zero-order chi connectivity index (χ0) is 23.1. The number of carbonyl (C=O) groups excluding carboxylic acids is 2. The lowest BCUT2D eigenvalue weighted by Gasteiger charge is -2.34. The van der Waals surface area contributed by atoms with Gasteiger partial charge < -0.3 is 10.6 Å². The van der Waals surface area contributed by atoms with Gasteiger partial charge in [0.05, 0.1) is 19.1 Å². The Kier molecular flexibility index (Phi) is 8.42. The average molecular weight is 437 g/mol. The molecule has 1 heterocycles. The van der Waals surface area contributed by atoms with Crippen LogP contribution >= 0.6 is 0 Å². The molecule has 0 saturated carbocycles. The number of hydrogen-bond acceptors (Lipinski definition) is 4. The number of anilines is 1. The second-order valence-electron chi connectivity index (χ2n) is 8.73. The number of benzene rings is 2. The maximum atomic E-state index is 12.5. The quantitative estimate of drug-likeness (QED) is 0.667. The number of rotatable bonds is 8. The third-order valence-corrected chi connectivity index (χ3v) is 6.34. The summed E-state index contributed by atoms with van der Waals surface area (Å²) in [5, 5.41) is 6.13. The molecule has 1 aliphatic rings. The first-order chi connectivity index (χ1) is 15.4. The summed E-state index contributed by atoms with van der Waals surface area (Å²) in [6, 6.07) is 14.4. The molecule has 6 nitrogen and oxygen atoms in total. The van der Waals surface area contributed by atoms with E-state index in [-0.39, 0.29) is 17.9 Å². The maximum absolute atomic E-state index is 12.5. The topological polar surface area (TPSA) is 64.7 Å². The van der Waals surface area contributed by atoms with Crippen LogP contribution in [0.3, 0.4) is 0 Å². The largest absolute Gasteiger partial charge is 0.348 e. The van der Waals surface area contributed by atoms with Gasteiger partial charge in [0.1, 0.15) is 0 Å². The molecule has 2 N–H and O–H groups in total. The Morgan fingerprint density at radius 3 is 2.09 bits per heavy atom. The van der Waals surface area contributed by atoms with E-state index in [1.807, 2.05) is 39.0 Å². The predicted molar refractivity (Wildman–Crippen MR) is 130 cm³/mol. The van der Waals surface area contributed by atoms with Gasteiger partial charge in [-0.3, -0.25) is 19.4 Å². The van der Waals surface area contributed by atoms with Crippen LogP contribution < -0.4 is 10.6 Å². The molecule has 1 atom stereocenters. The van der Waals surface area contributed by atoms with E-state index in [4.69, 9.17) is 0 Å². The Morgan fingerprint density at radius 1 is 0.906 bits per heavy atom. The van der Waals surface area contributed by atoms with Crippen LogP contribution in [0.25, 0.3) is 0 Å². The van der Waals surface area contributed by atoms with Gasteiger partial charge in [-0.1, -0.05) is 43.3 Å². The highest BCUT2D eigenvalue weighted by molar-refractivity contribution is 5.93. The van der Waals surface area contributed by atoms with Crippen molar-refractivity contribution in [3.8, 4) is 0 Å². The van der Waals surface area contributed by atoms with Gasteiger partial charge in [0, 0.05) is 31.9 Å². The molecule has 0 radical (unpaired) electrons. The minimum Gasteiger partial charge on any atom is -0.348 e. The van der Waals surface area contributed by atoms with Crippen LogP contribution in [-0.2, 0) is 16.0 Å². The van der Waals surface area contributed by atoms with E-state index < -0.39 is 0 Å². The SMILES string of the molecule is CCc1ccc(C(C)NC(=O)CN2CCN(CC(=O)Nc3cccc(C)c3C)CC2)cc1. The lowest BCUT2D eigenvalue weighted by molar-refractivity contribution is -0.124. The fourth-order valence-electron chi connectivity index (χ4n) is 4.00. The molecule has 32 heavy (non-hydrogen) atoms. The lowest BCUT2D eigenvalue weighted by atomic mass is 10.1. The molecular formula is C26H36N4O2. The highest BCUT2D eigenvalue weighted by atomic mass is 16.2. The molecule has 2 amide bonds. The molecular weight excluding hydrogens is 400 g/mol. The number of piperazine rings is 1. The zero-order valence-electron chi connectivity index (χ0n) is 19.8. The number of nitrogens with one attached hydrogen (secondary N) is 2. The Hall–Kier alpha value is -2.70. The minimum absolute atomic E-state index is 0.00723. The number of hydrogen-bond donors (Lipinski definition) is 2. The predicted octanol–water partition coefficient (Wildman–Crippen LogP) is 3.30. The van der Waals surface area contributed by atoms with Gasteiger partial charge in [0.15, 0.2) is 0 Å². The van der Waals surface area contributed by atoms with Crippen molar-refractivity contribution in [2.45, 2.75) is 40.2 Å². The molecule has 0 spiro atoms. The molecule has 6 heteroatoms. The van der Waals surface area contributed by atoms with E-state index >= 15 is 0 Å². The first kappa shape index (κ1) is 24.0. The molecule has 0 aromatic heterocycles. The molecule has 0 bridgehead atoms. The Balaban J connectivity index is 1.39. The Morgan fingerprint density at radius 2 is 1.50 bits per heavy atom. The summed E-state index contributed by atoms with van der Waals surface area (Å²) in [6.07, 6.45) is 1.01. The van der Waals surface area contributed by atoms with Crippen LogP contribution in [0.5, 0.6) is 0 Å². The van der Waals surface area contributed by atoms with Crippen LogP contribution in [0.15, 0.2) is 42.5 Å². The average Bonchev–Trinajstić information content (AvgIpc) is 2.78. The summed E-state index contributed by atoms with van der Waals surface area (Å²) in [6.45, 7) is 12.1. The molecule has 2 aromatic rings. The summed E-state index contributed by atoms with van der Waals surface area (Å²) >= 11 is 0. The van der Waals surface area contributed by atoms with Gasteiger partial charge in [-0.25, -0.2) is 0 Å². The van der Waals surface area contributed by atoms with Crippen LogP contribution in [0.1, 0.15) is 42.1 Å². The van der Waals surface area contributed by atoms with Gasteiger partial charge >= 0.3 is 0 Å². The summed E-state index contributed by atoms with van der Waals surface area (Å²) in [5.74, 6) is 0.0472. The first-order valence-electron chi connectivity index (χ1n) is 11.5. The van der Waals surface area contributed by atoms with Crippen molar-refractivity contribution in [2.75, 3.05) is 44.6 Å². The minimum atomic E-state index is -0.0107. The lowest BCUT2D eigenvalue weighted by Crippen LogP contribution is -2.51. The molecule has 172 valence electrons.